The van der Waals surface area contributed by atoms with Gasteiger partial charge >= 0.3 is 0 Å². The van der Waals surface area contributed by atoms with Crippen LogP contribution in [0.15, 0.2) is 36.4 Å². The van der Waals surface area contributed by atoms with E-state index in [1.165, 1.54) is 11.1 Å². The molecular formula is C19H18N2O2. The number of hydrogen-bond donors (Lipinski definition) is 2. The predicted molar refractivity (Wildman–Crippen MR) is 89.8 cm³/mol. The molecular weight excluding hydrogens is 288 g/mol. The monoisotopic (exact) mass is 306 g/mol. The van der Waals surface area contributed by atoms with Crippen LogP contribution in [-0.2, 0) is 24.1 Å². The van der Waals surface area contributed by atoms with E-state index in [2.05, 4.69) is 16.7 Å². The third kappa shape index (κ3) is 2.61. The van der Waals surface area contributed by atoms with Crippen molar-refractivity contribution in [2.75, 3.05) is 10.6 Å². The second kappa shape index (κ2) is 5.54. The Balaban J connectivity index is 1.58. The largest absolute Gasteiger partial charge is 0.326 e. The SMILES string of the molecule is O=C1CCc2cc(NC(=O)c3cccc4c3CCC4)ccc2N1. The lowest BCUT2D eigenvalue weighted by molar-refractivity contribution is -0.116. The summed E-state index contributed by atoms with van der Waals surface area (Å²) in [6, 6.07) is 11.6. The summed E-state index contributed by atoms with van der Waals surface area (Å²) >= 11 is 0. The molecule has 2 aliphatic rings. The van der Waals surface area contributed by atoms with Crippen molar-refractivity contribution in [2.24, 2.45) is 0 Å². The molecule has 0 aromatic heterocycles. The number of carbonyl (C=O) groups is 2. The number of anilines is 2. The summed E-state index contributed by atoms with van der Waals surface area (Å²) < 4.78 is 0. The Kier molecular flexibility index (Phi) is 3.37. The van der Waals surface area contributed by atoms with Crippen molar-refractivity contribution in [1.82, 2.24) is 0 Å². The van der Waals surface area contributed by atoms with Gasteiger partial charge in [0, 0.05) is 23.4 Å². The summed E-state index contributed by atoms with van der Waals surface area (Å²) in [5, 5.41) is 5.85. The molecule has 2 N–H and O–H groups in total. The maximum absolute atomic E-state index is 12.6. The highest BCUT2D eigenvalue weighted by molar-refractivity contribution is 6.06. The van der Waals surface area contributed by atoms with E-state index in [0.29, 0.717) is 12.8 Å². The molecule has 0 spiro atoms. The minimum Gasteiger partial charge on any atom is -0.326 e. The third-order valence-corrected chi connectivity index (χ3v) is 4.65. The van der Waals surface area contributed by atoms with E-state index < -0.39 is 0 Å². The Morgan fingerprint density at radius 2 is 1.91 bits per heavy atom. The molecule has 0 fully saturated rings. The van der Waals surface area contributed by atoms with E-state index >= 15 is 0 Å². The molecule has 0 saturated heterocycles. The molecule has 2 aromatic rings. The second-order valence-electron chi connectivity index (χ2n) is 6.17. The van der Waals surface area contributed by atoms with E-state index in [4.69, 9.17) is 0 Å². The zero-order valence-electron chi connectivity index (χ0n) is 12.8. The highest BCUT2D eigenvalue weighted by Gasteiger charge is 2.19. The van der Waals surface area contributed by atoms with E-state index in [9.17, 15) is 9.59 Å². The van der Waals surface area contributed by atoms with Gasteiger partial charge in [-0.05, 0) is 66.6 Å². The van der Waals surface area contributed by atoms with Crippen LogP contribution < -0.4 is 10.6 Å². The molecule has 23 heavy (non-hydrogen) atoms. The number of rotatable bonds is 2. The number of benzene rings is 2. The maximum atomic E-state index is 12.6. The van der Waals surface area contributed by atoms with Gasteiger partial charge in [-0.25, -0.2) is 0 Å². The van der Waals surface area contributed by atoms with Crippen molar-refractivity contribution in [3.8, 4) is 0 Å². The van der Waals surface area contributed by atoms with Gasteiger partial charge in [0.15, 0.2) is 0 Å². The fourth-order valence-corrected chi connectivity index (χ4v) is 3.49. The van der Waals surface area contributed by atoms with Gasteiger partial charge < -0.3 is 10.6 Å². The highest BCUT2D eigenvalue weighted by Crippen LogP contribution is 2.28. The van der Waals surface area contributed by atoms with Crippen LogP contribution in [0.4, 0.5) is 11.4 Å². The molecule has 0 saturated carbocycles. The van der Waals surface area contributed by atoms with E-state index in [1.54, 1.807) is 0 Å². The number of nitrogens with one attached hydrogen (secondary N) is 2. The van der Waals surface area contributed by atoms with Crippen LogP contribution in [0.2, 0.25) is 0 Å². The highest BCUT2D eigenvalue weighted by atomic mass is 16.2. The summed E-state index contributed by atoms with van der Waals surface area (Å²) in [7, 11) is 0. The summed E-state index contributed by atoms with van der Waals surface area (Å²) in [6.45, 7) is 0. The Hall–Kier alpha value is -2.62. The molecule has 0 atom stereocenters. The molecule has 1 aliphatic heterocycles. The Morgan fingerprint density at radius 3 is 2.83 bits per heavy atom. The normalized spacial score (nSPS) is 15.6. The topological polar surface area (TPSA) is 58.2 Å². The summed E-state index contributed by atoms with van der Waals surface area (Å²) in [6.07, 6.45) is 4.38. The fourth-order valence-electron chi connectivity index (χ4n) is 3.49. The smallest absolute Gasteiger partial charge is 0.255 e. The van der Waals surface area contributed by atoms with Gasteiger partial charge in [-0.15, -0.1) is 0 Å². The van der Waals surface area contributed by atoms with E-state index in [0.717, 1.165) is 41.8 Å². The molecule has 1 heterocycles. The molecule has 0 bridgehead atoms. The fraction of sp³-hybridized carbons (Fsp3) is 0.263. The van der Waals surface area contributed by atoms with Crippen LogP contribution in [0, 0.1) is 0 Å². The number of aryl methyl sites for hydroxylation is 2. The lowest BCUT2D eigenvalue weighted by atomic mass is 10.0. The number of fused-ring (bicyclic) bond motifs is 2. The van der Waals surface area contributed by atoms with Gasteiger partial charge in [0.2, 0.25) is 5.91 Å². The maximum Gasteiger partial charge on any atom is 0.255 e. The summed E-state index contributed by atoms with van der Waals surface area (Å²) in [5.74, 6) is -0.00215. The van der Waals surface area contributed by atoms with Crippen molar-refractivity contribution < 1.29 is 9.59 Å². The first kappa shape index (κ1) is 14.0. The van der Waals surface area contributed by atoms with Crippen molar-refractivity contribution in [3.63, 3.8) is 0 Å². The lowest BCUT2D eigenvalue weighted by Crippen LogP contribution is -2.19. The lowest BCUT2D eigenvalue weighted by Gasteiger charge is -2.18. The van der Waals surface area contributed by atoms with Crippen molar-refractivity contribution in [3.05, 3.63) is 58.7 Å². The van der Waals surface area contributed by atoms with E-state index in [-0.39, 0.29) is 11.8 Å². The average molecular weight is 306 g/mol. The zero-order chi connectivity index (χ0) is 15.8. The molecule has 0 unspecified atom stereocenters. The molecule has 2 amide bonds. The molecule has 2 aromatic carbocycles. The summed E-state index contributed by atoms with van der Waals surface area (Å²) in [5.41, 5.74) is 5.97. The Bertz CT molecular complexity index is 811. The number of amides is 2. The predicted octanol–water partition coefficient (Wildman–Crippen LogP) is 3.31. The van der Waals surface area contributed by atoms with Crippen molar-refractivity contribution in [2.45, 2.75) is 32.1 Å². The average Bonchev–Trinajstić information content (AvgIpc) is 3.03. The van der Waals surface area contributed by atoms with Gasteiger partial charge in [-0.3, -0.25) is 9.59 Å². The standard InChI is InChI=1S/C19H18N2O2/c22-18-10-7-13-11-14(8-9-17(13)21-18)20-19(23)16-6-2-4-12-3-1-5-15(12)16/h2,4,6,8-9,11H,1,3,5,7,10H2,(H,20,23)(H,21,22). The quantitative estimate of drug-likeness (QED) is 0.894. The van der Waals surface area contributed by atoms with Gasteiger partial charge in [-0.1, -0.05) is 12.1 Å². The minimum atomic E-state index is -0.0523. The second-order valence-corrected chi connectivity index (χ2v) is 6.17. The van der Waals surface area contributed by atoms with Crippen molar-refractivity contribution in [1.29, 1.82) is 0 Å². The summed E-state index contributed by atoms with van der Waals surface area (Å²) in [4.78, 5) is 24.0. The molecule has 0 radical (unpaired) electrons. The van der Waals surface area contributed by atoms with Gasteiger partial charge in [0.25, 0.3) is 5.91 Å². The molecule has 116 valence electrons. The van der Waals surface area contributed by atoms with Gasteiger partial charge in [-0.2, -0.15) is 0 Å². The number of hydrogen-bond acceptors (Lipinski definition) is 2. The van der Waals surface area contributed by atoms with Crippen molar-refractivity contribution >= 4 is 23.2 Å². The first-order valence-corrected chi connectivity index (χ1v) is 8.05. The van der Waals surface area contributed by atoms with Crippen LogP contribution in [0.3, 0.4) is 0 Å². The molecule has 4 rings (SSSR count). The molecule has 4 nitrogen and oxygen atoms in total. The minimum absolute atomic E-state index is 0.0501. The first-order valence-electron chi connectivity index (χ1n) is 8.05. The third-order valence-electron chi connectivity index (χ3n) is 4.65. The van der Waals surface area contributed by atoms with E-state index in [1.807, 2.05) is 30.3 Å². The van der Waals surface area contributed by atoms with Gasteiger partial charge in [0.05, 0.1) is 0 Å². The van der Waals surface area contributed by atoms with Crippen LogP contribution in [0.25, 0.3) is 0 Å². The van der Waals surface area contributed by atoms with Crippen LogP contribution in [0.1, 0.15) is 39.9 Å². The number of carbonyl (C=O) groups excluding carboxylic acids is 2. The van der Waals surface area contributed by atoms with Gasteiger partial charge in [0.1, 0.15) is 0 Å². The Labute approximate surface area is 134 Å². The molecule has 1 aliphatic carbocycles. The zero-order valence-corrected chi connectivity index (χ0v) is 12.8. The van der Waals surface area contributed by atoms with Crippen LogP contribution >= 0.6 is 0 Å². The first-order chi connectivity index (χ1) is 11.2. The van der Waals surface area contributed by atoms with Crippen LogP contribution in [0.5, 0.6) is 0 Å². The molecule has 4 heteroatoms. The van der Waals surface area contributed by atoms with Crippen LogP contribution in [-0.4, -0.2) is 11.8 Å². The Morgan fingerprint density at radius 1 is 1.00 bits per heavy atom.